The second-order valence-corrected chi connectivity index (χ2v) is 8.29. The van der Waals surface area contributed by atoms with Gasteiger partial charge in [-0.1, -0.05) is 17.7 Å². The standard InChI is InChI=1S/C23H25N7O3/c1-16-2-4-18(5-3-16)29-14-17(12-22(29)31)23(32)25-20-13-19(30-15-24-26-27-30)6-7-21(20)28-8-10-33-11-9-28/h2-7,13,15,17H,8-12,14H2,1H3,(H,25,32). The topological polar surface area (TPSA) is 105 Å². The molecule has 0 bridgehead atoms. The Morgan fingerprint density at radius 3 is 2.58 bits per heavy atom. The number of nitrogens with one attached hydrogen (secondary N) is 1. The van der Waals surface area contributed by atoms with E-state index < -0.39 is 5.92 Å². The SMILES string of the molecule is Cc1ccc(N2CC(C(=O)Nc3cc(-n4cnnn4)ccc3N3CCOCC3)CC2=O)cc1. The number of carbonyl (C=O) groups is 2. The zero-order valence-electron chi connectivity index (χ0n) is 18.3. The van der Waals surface area contributed by atoms with Gasteiger partial charge >= 0.3 is 0 Å². The molecule has 0 saturated carbocycles. The van der Waals surface area contributed by atoms with Crippen molar-refractivity contribution in [3.8, 4) is 5.69 Å². The lowest BCUT2D eigenvalue weighted by molar-refractivity contribution is -0.122. The second kappa shape index (κ2) is 8.99. The number of carbonyl (C=O) groups excluding carboxylic acids is 2. The zero-order chi connectivity index (χ0) is 22.8. The lowest BCUT2D eigenvalue weighted by Gasteiger charge is -2.31. The molecular formula is C23H25N7O3. The molecule has 1 unspecified atom stereocenters. The number of aryl methyl sites for hydroxylation is 1. The van der Waals surface area contributed by atoms with Gasteiger partial charge in [-0.25, -0.2) is 4.68 Å². The van der Waals surface area contributed by atoms with Crippen LogP contribution >= 0.6 is 0 Å². The van der Waals surface area contributed by atoms with Crippen LogP contribution < -0.4 is 15.1 Å². The number of nitrogens with zero attached hydrogens (tertiary/aromatic N) is 6. The first kappa shape index (κ1) is 21.1. The highest BCUT2D eigenvalue weighted by atomic mass is 16.5. The first-order valence-electron chi connectivity index (χ1n) is 11.0. The Hall–Kier alpha value is -3.79. The molecule has 2 amide bonds. The number of benzene rings is 2. The molecule has 1 aromatic heterocycles. The van der Waals surface area contributed by atoms with E-state index in [4.69, 9.17) is 4.74 Å². The van der Waals surface area contributed by atoms with Gasteiger partial charge in [-0.2, -0.15) is 0 Å². The van der Waals surface area contributed by atoms with E-state index in [1.165, 1.54) is 11.0 Å². The summed E-state index contributed by atoms with van der Waals surface area (Å²) in [4.78, 5) is 29.8. The van der Waals surface area contributed by atoms with Gasteiger partial charge < -0.3 is 19.9 Å². The van der Waals surface area contributed by atoms with Crippen molar-refractivity contribution in [2.45, 2.75) is 13.3 Å². The molecule has 33 heavy (non-hydrogen) atoms. The van der Waals surface area contributed by atoms with Crippen molar-refractivity contribution in [1.29, 1.82) is 0 Å². The number of rotatable bonds is 5. The Balaban J connectivity index is 1.38. The molecule has 0 spiro atoms. The number of morpholine rings is 1. The fourth-order valence-electron chi connectivity index (χ4n) is 4.22. The first-order chi connectivity index (χ1) is 16.1. The van der Waals surface area contributed by atoms with Crippen LogP contribution in [0.5, 0.6) is 0 Å². The highest BCUT2D eigenvalue weighted by Gasteiger charge is 2.35. The van der Waals surface area contributed by atoms with Gasteiger partial charge in [0.2, 0.25) is 11.8 Å². The van der Waals surface area contributed by atoms with E-state index in [0.29, 0.717) is 25.4 Å². The number of anilines is 3. The lowest BCUT2D eigenvalue weighted by Crippen LogP contribution is -2.37. The molecule has 2 aliphatic heterocycles. The van der Waals surface area contributed by atoms with Gasteiger partial charge in [-0.3, -0.25) is 9.59 Å². The maximum atomic E-state index is 13.2. The third-order valence-corrected chi connectivity index (χ3v) is 6.04. The summed E-state index contributed by atoms with van der Waals surface area (Å²) in [6.07, 6.45) is 1.68. The number of hydrogen-bond acceptors (Lipinski definition) is 7. The molecule has 0 aliphatic carbocycles. The second-order valence-electron chi connectivity index (χ2n) is 8.29. The van der Waals surface area contributed by atoms with Crippen molar-refractivity contribution < 1.29 is 14.3 Å². The van der Waals surface area contributed by atoms with E-state index in [0.717, 1.165) is 35.7 Å². The fourth-order valence-corrected chi connectivity index (χ4v) is 4.22. The molecule has 10 nitrogen and oxygen atoms in total. The van der Waals surface area contributed by atoms with Crippen LogP contribution in [-0.2, 0) is 14.3 Å². The van der Waals surface area contributed by atoms with Gasteiger partial charge in [0.05, 0.1) is 36.2 Å². The van der Waals surface area contributed by atoms with E-state index >= 15 is 0 Å². The van der Waals surface area contributed by atoms with Crippen LogP contribution in [0, 0.1) is 12.8 Å². The highest BCUT2D eigenvalue weighted by molar-refractivity contribution is 6.04. The Bertz CT molecular complexity index is 1140. The highest BCUT2D eigenvalue weighted by Crippen LogP contribution is 2.31. The van der Waals surface area contributed by atoms with Crippen molar-refractivity contribution in [3.63, 3.8) is 0 Å². The van der Waals surface area contributed by atoms with Crippen molar-refractivity contribution in [3.05, 3.63) is 54.4 Å². The van der Waals surface area contributed by atoms with Crippen LogP contribution in [0.2, 0.25) is 0 Å². The summed E-state index contributed by atoms with van der Waals surface area (Å²) in [6.45, 7) is 5.08. The van der Waals surface area contributed by atoms with Gasteiger partial charge in [0.1, 0.15) is 6.33 Å². The molecule has 1 N–H and O–H groups in total. The molecule has 10 heteroatoms. The maximum Gasteiger partial charge on any atom is 0.229 e. The van der Waals surface area contributed by atoms with Gasteiger partial charge in [0.15, 0.2) is 0 Å². The molecule has 2 fully saturated rings. The summed E-state index contributed by atoms with van der Waals surface area (Å²) < 4.78 is 7.02. The molecule has 2 aliphatic rings. The minimum Gasteiger partial charge on any atom is -0.378 e. The van der Waals surface area contributed by atoms with Crippen LogP contribution in [0.15, 0.2) is 48.8 Å². The molecule has 170 valence electrons. The Morgan fingerprint density at radius 2 is 1.85 bits per heavy atom. The predicted octanol–water partition coefficient (Wildman–Crippen LogP) is 1.80. The van der Waals surface area contributed by atoms with E-state index in [2.05, 4.69) is 25.7 Å². The molecular weight excluding hydrogens is 422 g/mol. The summed E-state index contributed by atoms with van der Waals surface area (Å²) >= 11 is 0. The van der Waals surface area contributed by atoms with Crippen molar-refractivity contribution in [2.24, 2.45) is 5.92 Å². The summed E-state index contributed by atoms with van der Waals surface area (Å²) in [5.74, 6) is -0.663. The summed E-state index contributed by atoms with van der Waals surface area (Å²) in [5.41, 5.74) is 4.24. The van der Waals surface area contributed by atoms with Crippen molar-refractivity contribution in [2.75, 3.05) is 48.0 Å². The van der Waals surface area contributed by atoms with Gasteiger partial charge in [0.25, 0.3) is 0 Å². The largest absolute Gasteiger partial charge is 0.378 e. The average molecular weight is 447 g/mol. The Morgan fingerprint density at radius 1 is 1.09 bits per heavy atom. The normalized spacial score (nSPS) is 18.6. The maximum absolute atomic E-state index is 13.2. The smallest absolute Gasteiger partial charge is 0.229 e. The van der Waals surface area contributed by atoms with Gasteiger partial charge in [-0.05, 0) is 47.7 Å². The third kappa shape index (κ3) is 4.42. The number of amides is 2. The minimum absolute atomic E-state index is 0.0464. The zero-order valence-corrected chi connectivity index (χ0v) is 18.3. The molecule has 3 aromatic rings. The molecule has 2 saturated heterocycles. The number of hydrogen-bond donors (Lipinski definition) is 1. The summed E-state index contributed by atoms with van der Waals surface area (Å²) in [5, 5.41) is 14.4. The number of aromatic nitrogens is 4. The molecule has 5 rings (SSSR count). The van der Waals surface area contributed by atoms with E-state index in [9.17, 15) is 9.59 Å². The van der Waals surface area contributed by atoms with Crippen LogP contribution in [0.1, 0.15) is 12.0 Å². The molecule has 2 aromatic carbocycles. The summed E-state index contributed by atoms with van der Waals surface area (Å²) in [7, 11) is 0. The lowest BCUT2D eigenvalue weighted by atomic mass is 10.1. The fraction of sp³-hybridized carbons (Fsp3) is 0.348. The molecule has 1 atom stereocenters. The van der Waals surface area contributed by atoms with Crippen LogP contribution in [0.25, 0.3) is 5.69 Å². The minimum atomic E-state index is -0.437. The monoisotopic (exact) mass is 447 g/mol. The van der Waals surface area contributed by atoms with Crippen molar-refractivity contribution in [1.82, 2.24) is 20.2 Å². The Labute approximate surface area is 191 Å². The van der Waals surface area contributed by atoms with Crippen LogP contribution in [-0.4, -0.2) is 64.9 Å². The summed E-state index contributed by atoms with van der Waals surface area (Å²) in [6, 6.07) is 13.5. The molecule has 0 radical (unpaired) electrons. The molecule has 3 heterocycles. The van der Waals surface area contributed by atoms with Crippen LogP contribution in [0.3, 0.4) is 0 Å². The van der Waals surface area contributed by atoms with E-state index in [1.807, 2.05) is 49.4 Å². The van der Waals surface area contributed by atoms with Crippen molar-refractivity contribution >= 4 is 28.9 Å². The van der Waals surface area contributed by atoms with E-state index in [1.54, 1.807) is 4.90 Å². The van der Waals surface area contributed by atoms with Gasteiger partial charge in [-0.15, -0.1) is 5.10 Å². The van der Waals surface area contributed by atoms with E-state index in [-0.39, 0.29) is 18.2 Å². The van der Waals surface area contributed by atoms with Gasteiger partial charge in [0, 0.05) is 31.7 Å². The van der Waals surface area contributed by atoms with Crippen LogP contribution in [0.4, 0.5) is 17.1 Å². The number of tetrazole rings is 1. The third-order valence-electron chi connectivity index (χ3n) is 6.04. The number of ether oxygens (including phenoxy) is 1. The quantitative estimate of drug-likeness (QED) is 0.636. The first-order valence-corrected chi connectivity index (χ1v) is 11.0. The average Bonchev–Trinajstić information content (AvgIpc) is 3.51. The predicted molar refractivity (Wildman–Crippen MR) is 122 cm³/mol. The Kier molecular flexibility index (Phi) is 5.74.